The van der Waals surface area contributed by atoms with Gasteiger partial charge in [-0.05, 0) is 0 Å². The molecule has 1 aromatic heterocycles. The lowest BCUT2D eigenvalue weighted by molar-refractivity contribution is -0.128. The maximum absolute atomic E-state index is 11.5. The van der Waals surface area contributed by atoms with Gasteiger partial charge in [0, 0.05) is 23.8 Å². The van der Waals surface area contributed by atoms with E-state index in [-0.39, 0.29) is 11.3 Å². The lowest BCUT2D eigenvalue weighted by atomic mass is 9.96. The predicted octanol–water partition coefficient (Wildman–Crippen LogP) is 1.43. The Labute approximate surface area is 93.9 Å². The zero-order valence-electron chi connectivity index (χ0n) is 9.33. The van der Waals surface area contributed by atoms with Crippen molar-refractivity contribution in [1.29, 1.82) is 0 Å². The van der Waals surface area contributed by atoms with Crippen molar-refractivity contribution >= 4 is 22.4 Å². The maximum atomic E-state index is 11.5. The molecule has 1 aromatic rings. The van der Waals surface area contributed by atoms with E-state index in [0.717, 1.165) is 12.1 Å². The van der Waals surface area contributed by atoms with E-state index in [9.17, 15) is 4.79 Å². The molecule has 84 valence electrons. The Balaban J connectivity index is 2.31. The van der Waals surface area contributed by atoms with Gasteiger partial charge in [0.2, 0.25) is 5.91 Å². The third-order valence-electron chi connectivity index (χ3n) is 1.92. The van der Waals surface area contributed by atoms with Crippen LogP contribution in [0.1, 0.15) is 26.5 Å². The first-order valence-corrected chi connectivity index (χ1v) is 5.76. The number of carbonyl (C=O) groups excluding carboxylic acids is 1. The van der Waals surface area contributed by atoms with Crippen LogP contribution < -0.4 is 11.1 Å². The molecule has 0 aromatic carbocycles. The fourth-order valence-electron chi connectivity index (χ4n) is 1.01. The number of amides is 1. The van der Waals surface area contributed by atoms with Gasteiger partial charge >= 0.3 is 0 Å². The molecule has 0 unspecified atom stereocenters. The molecule has 0 bridgehead atoms. The molecule has 3 N–H and O–H groups in total. The summed E-state index contributed by atoms with van der Waals surface area (Å²) < 4.78 is 0. The van der Waals surface area contributed by atoms with Crippen LogP contribution in [-0.2, 0) is 11.2 Å². The molecule has 15 heavy (non-hydrogen) atoms. The third kappa shape index (κ3) is 3.87. The van der Waals surface area contributed by atoms with E-state index in [1.807, 2.05) is 26.2 Å². The van der Waals surface area contributed by atoms with Crippen molar-refractivity contribution in [2.75, 3.05) is 12.3 Å². The van der Waals surface area contributed by atoms with Crippen molar-refractivity contribution in [3.8, 4) is 0 Å². The molecular weight excluding hydrogens is 210 g/mol. The Morgan fingerprint density at radius 1 is 1.60 bits per heavy atom. The molecule has 4 nitrogen and oxygen atoms in total. The summed E-state index contributed by atoms with van der Waals surface area (Å²) in [5.41, 5.74) is 6.10. The van der Waals surface area contributed by atoms with E-state index in [1.54, 1.807) is 0 Å². The van der Waals surface area contributed by atoms with E-state index >= 15 is 0 Å². The van der Waals surface area contributed by atoms with E-state index in [1.165, 1.54) is 11.3 Å². The van der Waals surface area contributed by atoms with Crippen molar-refractivity contribution in [3.63, 3.8) is 0 Å². The SMILES string of the molecule is CC(C)(C)C(=O)NCCc1csc(N)n1. The molecule has 0 saturated carbocycles. The molecule has 0 spiro atoms. The van der Waals surface area contributed by atoms with Crippen molar-refractivity contribution in [1.82, 2.24) is 10.3 Å². The standard InChI is InChI=1S/C10H17N3OS/c1-10(2,3)8(14)12-5-4-7-6-15-9(11)13-7/h6H,4-5H2,1-3H3,(H2,11,13)(H,12,14). The fourth-order valence-corrected chi connectivity index (χ4v) is 1.60. The molecule has 5 heteroatoms. The van der Waals surface area contributed by atoms with Crippen LogP contribution in [0.3, 0.4) is 0 Å². The Bertz CT molecular complexity index is 341. The maximum Gasteiger partial charge on any atom is 0.225 e. The van der Waals surface area contributed by atoms with Crippen LogP contribution in [0.4, 0.5) is 5.13 Å². The minimum atomic E-state index is -0.332. The lowest BCUT2D eigenvalue weighted by Crippen LogP contribution is -2.35. The summed E-state index contributed by atoms with van der Waals surface area (Å²) in [6.45, 7) is 6.29. The molecule has 1 heterocycles. The quantitative estimate of drug-likeness (QED) is 0.820. The number of anilines is 1. The van der Waals surface area contributed by atoms with Gasteiger partial charge in [-0.2, -0.15) is 0 Å². The molecule has 0 fully saturated rings. The monoisotopic (exact) mass is 227 g/mol. The van der Waals surface area contributed by atoms with Crippen molar-refractivity contribution in [2.45, 2.75) is 27.2 Å². The first-order valence-electron chi connectivity index (χ1n) is 4.88. The number of thiazole rings is 1. The largest absolute Gasteiger partial charge is 0.375 e. The second-order valence-electron chi connectivity index (χ2n) is 4.43. The second-order valence-corrected chi connectivity index (χ2v) is 5.32. The summed E-state index contributed by atoms with van der Waals surface area (Å²) in [5.74, 6) is 0.0608. The van der Waals surface area contributed by atoms with Crippen LogP contribution in [0, 0.1) is 5.41 Å². The van der Waals surface area contributed by atoms with Crippen LogP contribution >= 0.6 is 11.3 Å². The Morgan fingerprint density at radius 2 is 2.27 bits per heavy atom. The predicted molar refractivity (Wildman–Crippen MR) is 62.7 cm³/mol. The van der Waals surface area contributed by atoms with E-state index in [2.05, 4.69) is 10.3 Å². The Kier molecular flexibility index (Phi) is 3.68. The number of aromatic nitrogens is 1. The summed E-state index contributed by atoms with van der Waals surface area (Å²) in [6.07, 6.45) is 0.732. The van der Waals surface area contributed by atoms with Gasteiger partial charge in [0.05, 0.1) is 5.69 Å². The Hall–Kier alpha value is -1.10. The number of hydrogen-bond acceptors (Lipinski definition) is 4. The normalized spacial score (nSPS) is 11.4. The minimum absolute atomic E-state index is 0.0608. The van der Waals surface area contributed by atoms with Gasteiger partial charge in [-0.25, -0.2) is 4.98 Å². The van der Waals surface area contributed by atoms with Crippen LogP contribution in [0.25, 0.3) is 0 Å². The third-order valence-corrected chi connectivity index (χ3v) is 2.64. The highest BCUT2D eigenvalue weighted by molar-refractivity contribution is 7.13. The number of hydrogen-bond donors (Lipinski definition) is 2. The average Bonchev–Trinajstić information content (AvgIpc) is 2.49. The van der Waals surface area contributed by atoms with Crippen LogP contribution in [0.15, 0.2) is 5.38 Å². The molecule has 0 saturated heterocycles. The summed E-state index contributed by atoms with van der Waals surface area (Å²) in [5, 5.41) is 5.36. The number of nitrogen functional groups attached to an aromatic ring is 1. The minimum Gasteiger partial charge on any atom is -0.375 e. The van der Waals surface area contributed by atoms with E-state index < -0.39 is 0 Å². The highest BCUT2D eigenvalue weighted by Gasteiger charge is 2.20. The van der Waals surface area contributed by atoms with Crippen LogP contribution in [0.5, 0.6) is 0 Å². The molecule has 0 aliphatic heterocycles. The Morgan fingerprint density at radius 3 is 2.73 bits per heavy atom. The number of rotatable bonds is 3. The number of nitrogens with two attached hydrogens (primary N) is 1. The summed E-state index contributed by atoms with van der Waals surface area (Å²) in [6, 6.07) is 0. The van der Waals surface area contributed by atoms with Crippen LogP contribution in [0.2, 0.25) is 0 Å². The molecule has 0 atom stereocenters. The summed E-state index contributed by atoms with van der Waals surface area (Å²) >= 11 is 1.42. The highest BCUT2D eigenvalue weighted by Crippen LogP contribution is 2.13. The number of carbonyl (C=O) groups is 1. The van der Waals surface area contributed by atoms with Gasteiger partial charge in [0.15, 0.2) is 5.13 Å². The lowest BCUT2D eigenvalue weighted by Gasteiger charge is -2.17. The summed E-state index contributed by atoms with van der Waals surface area (Å²) in [7, 11) is 0. The van der Waals surface area contributed by atoms with E-state index in [0.29, 0.717) is 11.7 Å². The van der Waals surface area contributed by atoms with Crippen molar-refractivity contribution in [3.05, 3.63) is 11.1 Å². The van der Waals surface area contributed by atoms with Crippen molar-refractivity contribution < 1.29 is 4.79 Å². The topological polar surface area (TPSA) is 68.0 Å². The van der Waals surface area contributed by atoms with Gasteiger partial charge < -0.3 is 11.1 Å². The van der Waals surface area contributed by atoms with Crippen molar-refractivity contribution in [2.24, 2.45) is 5.41 Å². The molecule has 0 aliphatic carbocycles. The molecule has 0 aliphatic rings. The zero-order chi connectivity index (χ0) is 11.5. The molecular formula is C10H17N3OS. The second kappa shape index (κ2) is 4.61. The van der Waals surface area contributed by atoms with Gasteiger partial charge in [0.25, 0.3) is 0 Å². The summed E-state index contributed by atoms with van der Waals surface area (Å²) in [4.78, 5) is 15.6. The van der Waals surface area contributed by atoms with Gasteiger partial charge in [-0.15, -0.1) is 11.3 Å². The molecule has 1 amide bonds. The number of nitrogens with zero attached hydrogens (tertiary/aromatic N) is 1. The van der Waals surface area contributed by atoms with Crippen LogP contribution in [-0.4, -0.2) is 17.4 Å². The number of nitrogens with one attached hydrogen (secondary N) is 1. The first kappa shape index (κ1) is 12.0. The fraction of sp³-hybridized carbons (Fsp3) is 0.600. The molecule has 1 rings (SSSR count). The molecule has 0 radical (unpaired) electrons. The van der Waals surface area contributed by atoms with Gasteiger partial charge in [-0.3, -0.25) is 4.79 Å². The zero-order valence-corrected chi connectivity index (χ0v) is 10.1. The van der Waals surface area contributed by atoms with Gasteiger partial charge in [-0.1, -0.05) is 20.8 Å². The highest BCUT2D eigenvalue weighted by atomic mass is 32.1. The first-order chi connectivity index (χ1) is 6.89. The smallest absolute Gasteiger partial charge is 0.225 e. The van der Waals surface area contributed by atoms with Gasteiger partial charge in [0.1, 0.15) is 0 Å². The van der Waals surface area contributed by atoms with E-state index in [4.69, 9.17) is 5.73 Å². The average molecular weight is 227 g/mol.